The van der Waals surface area contributed by atoms with Crippen molar-refractivity contribution in [3.8, 4) is 11.5 Å². The van der Waals surface area contributed by atoms with Gasteiger partial charge in [0.2, 0.25) is 0 Å². The van der Waals surface area contributed by atoms with Crippen LogP contribution in [0.15, 0.2) is 18.2 Å². The molecule has 94 valence electrons. The number of hydrogen-bond donors (Lipinski definition) is 1. The molecule has 1 aromatic rings. The predicted octanol–water partition coefficient (Wildman–Crippen LogP) is 2.25. The summed E-state index contributed by atoms with van der Waals surface area (Å²) in [5.41, 5.74) is 1.33. The number of fused-ring (bicyclic) bond motifs is 1. The van der Waals surface area contributed by atoms with Crippen molar-refractivity contribution in [3.63, 3.8) is 0 Å². The van der Waals surface area contributed by atoms with Crippen LogP contribution in [0.3, 0.4) is 0 Å². The van der Waals surface area contributed by atoms with Crippen LogP contribution in [-0.4, -0.2) is 26.8 Å². The lowest BCUT2D eigenvalue weighted by Gasteiger charge is -2.20. The average molecular weight is 235 g/mol. The highest BCUT2D eigenvalue weighted by molar-refractivity contribution is 5.43. The molecule has 2 rings (SSSR count). The van der Waals surface area contributed by atoms with Gasteiger partial charge in [-0.3, -0.25) is 0 Å². The van der Waals surface area contributed by atoms with E-state index in [2.05, 4.69) is 24.4 Å². The van der Waals surface area contributed by atoms with Crippen LogP contribution in [0.5, 0.6) is 11.5 Å². The molecule has 0 fully saturated rings. The van der Waals surface area contributed by atoms with Gasteiger partial charge in [-0.2, -0.15) is 0 Å². The summed E-state index contributed by atoms with van der Waals surface area (Å²) in [4.78, 5) is 0. The zero-order valence-corrected chi connectivity index (χ0v) is 10.7. The fourth-order valence-corrected chi connectivity index (χ4v) is 2.20. The summed E-state index contributed by atoms with van der Waals surface area (Å²) in [6.45, 7) is 4.61. The van der Waals surface area contributed by atoms with Gasteiger partial charge < -0.3 is 14.8 Å². The van der Waals surface area contributed by atoms with Crippen LogP contribution >= 0.6 is 0 Å². The van der Waals surface area contributed by atoms with E-state index in [0.29, 0.717) is 19.1 Å². The second-order valence-corrected chi connectivity index (χ2v) is 4.51. The van der Waals surface area contributed by atoms with Crippen LogP contribution in [0, 0.1) is 5.92 Å². The molecular weight excluding hydrogens is 214 g/mol. The maximum Gasteiger partial charge on any atom is 0.161 e. The van der Waals surface area contributed by atoms with Gasteiger partial charge in [0.05, 0.1) is 0 Å². The minimum atomic E-state index is 0.656. The second kappa shape index (κ2) is 5.92. The third-order valence-electron chi connectivity index (χ3n) is 3.20. The standard InChI is InChI=1S/C14H21NO2/c1-3-11(10-15-2)8-12-4-5-13-14(9-12)17-7-6-16-13/h4-5,9,11,15H,3,6-8,10H2,1-2H3. The highest BCUT2D eigenvalue weighted by atomic mass is 16.6. The van der Waals surface area contributed by atoms with E-state index in [1.807, 2.05) is 13.1 Å². The molecule has 3 heteroatoms. The molecule has 0 saturated carbocycles. The molecule has 0 bridgehead atoms. The van der Waals surface area contributed by atoms with Crippen LogP contribution in [0.4, 0.5) is 0 Å². The lowest BCUT2D eigenvalue weighted by molar-refractivity contribution is 0.171. The summed E-state index contributed by atoms with van der Waals surface area (Å²) in [7, 11) is 2.01. The molecule has 1 aliphatic heterocycles. The van der Waals surface area contributed by atoms with Crippen LogP contribution in [0.25, 0.3) is 0 Å². The van der Waals surface area contributed by atoms with Crippen molar-refractivity contribution in [1.29, 1.82) is 0 Å². The molecule has 1 unspecified atom stereocenters. The molecule has 3 nitrogen and oxygen atoms in total. The fraction of sp³-hybridized carbons (Fsp3) is 0.571. The number of benzene rings is 1. The molecule has 0 saturated heterocycles. The molecule has 0 amide bonds. The second-order valence-electron chi connectivity index (χ2n) is 4.51. The Kier molecular flexibility index (Phi) is 4.26. The molecule has 0 radical (unpaired) electrons. The van der Waals surface area contributed by atoms with Gasteiger partial charge in [-0.15, -0.1) is 0 Å². The fourth-order valence-electron chi connectivity index (χ4n) is 2.20. The SMILES string of the molecule is CCC(CNC)Cc1ccc2c(c1)OCCO2. The maximum atomic E-state index is 5.60. The molecule has 1 atom stereocenters. The lowest BCUT2D eigenvalue weighted by Crippen LogP contribution is -2.20. The molecule has 1 heterocycles. The van der Waals surface area contributed by atoms with Gasteiger partial charge in [-0.05, 0) is 43.6 Å². The molecular formula is C14H21NO2. The van der Waals surface area contributed by atoms with Crippen LogP contribution in [-0.2, 0) is 6.42 Å². The van der Waals surface area contributed by atoms with Gasteiger partial charge in [-0.25, -0.2) is 0 Å². The van der Waals surface area contributed by atoms with E-state index in [-0.39, 0.29) is 0 Å². The van der Waals surface area contributed by atoms with E-state index in [0.717, 1.165) is 24.5 Å². The molecule has 1 N–H and O–H groups in total. The summed E-state index contributed by atoms with van der Waals surface area (Å²) in [6.07, 6.45) is 2.28. The van der Waals surface area contributed by atoms with Gasteiger partial charge in [0.15, 0.2) is 11.5 Å². The van der Waals surface area contributed by atoms with Gasteiger partial charge in [0, 0.05) is 0 Å². The van der Waals surface area contributed by atoms with E-state index in [1.165, 1.54) is 12.0 Å². The monoisotopic (exact) mass is 235 g/mol. The van der Waals surface area contributed by atoms with Crippen molar-refractivity contribution in [2.24, 2.45) is 5.92 Å². The lowest BCUT2D eigenvalue weighted by atomic mass is 9.96. The molecule has 17 heavy (non-hydrogen) atoms. The molecule has 0 aliphatic carbocycles. The number of hydrogen-bond acceptors (Lipinski definition) is 3. The Morgan fingerprint density at radius 2 is 2.00 bits per heavy atom. The zero-order chi connectivity index (χ0) is 12.1. The summed E-state index contributed by atoms with van der Waals surface area (Å²) in [5.74, 6) is 2.46. The first-order chi connectivity index (χ1) is 8.33. The van der Waals surface area contributed by atoms with Gasteiger partial charge in [0.25, 0.3) is 0 Å². The van der Waals surface area contributed by atoms with Crippen LogP contribution in [0.1, 0.15) is 18.9 Å². The first-order valence-corrected chi connectivity index (χ1v) is 6.36. The van der Waals surface area contributed by atoms with Crippen LogP contribution < -0.4 is 14.8 Å². The molecule has 1 aliphatic rings. The largest absolute Gasteiger partial charge is 0.486 e. The first kappa shape index (κ1) is 12.2. The van der Waals surface area contributed by atoms with Gasteiger partial charge >= 0.3 is 0 Å². The molecule has 0 aromatic heterocycles. The van der Waals surface area contributed by atoms with E-state index < -0.39 is 0 Å². The van der Waals surface area contributed by atoms with Crippen LogP contribution in [0.2, 0.25) is 0 Å². The highest BCUT2D eigenvalue weighted by Gasteiger charge is 2.13. The van der Waals surface area contributed by atoms with E-state index in [1.54, 1.807) is 0 Å². The van der Waals surface area contributed by atoms with E-state index >= 15 is 0 Å². The smallest absolute Gasteiger partial charge is 0.161 e. The quantitative estimate of drug-likeness (QED) is 0.849. The van der Waals surface area contributed by atoms with Crippen molar-refractivity contribution in [3.05, 3.63) is 23.8 Å². The topological polar surface area (TPSA) is 30.5 Å². The normalized spacial score (nSPS) is 15.6. The summed E-state index contributed by atoms with van der Waals surface area (Å²) in [6, 6.07) is 6.29. The summed E-state index contributed by atoms with van der Waals surface area (Å²) < 4.78 is 11.1. The Morgan fingerprint density at radius 1 is 1.24 bits per heavy atom. The van der Waals surface area contributed by atoms with E-state index in [9.17, 15) is 0 Å². The zero-order valence-electron chi connectivity index (χ0n) is 10.7. The Morgan fingerprint density at radius 3 is 2.71 bits per heavy atom. The van der Waals surface area contributed by atoms with E-state index in [4.69, 9.17) is 9.47 Å². The third-order valence-corrected chi connectivity index (χ3v) is 3.20. The average Bonchev–Trinajstić information content (AvgIpc) is 2.38. The summed E-state index contributed by atoms with van der Waals surface area (Å²) >= 11 is 0. The minimum Gasteiger partial charge on any atom is -0.486 e. The Bertz CT molecular complexity index is 365. The number of rotatable bonds is 5. The minimum absolute atomic E-state index is 0.656. The molecule has 0 spiro atoms. The van der Waals surface area contributed by atoms with Crippen molar-refractivity contribution in [2.45, 2.75) is 19.8 Å². The summed E-state index contributed by atoms with van der Waals surface area (Å²) in [5, 5.41) is 3.25. The number of nitrogens with one attached hydrogen (secondary N) is 1. The Balaban J connectivity index is 2.05. The molecule has 1 aromatic carbocycles. The highest BCUT2D eigenvalue weighted by Crippen LogP contribution is 2.31. The van der Waals surface area contributed by atoms with Gasteiger partial charge in [0.1, 0.15) is 13.2 Å². The third kappa shape index (κ3) is 3.13. The number of ether oxygens (including phenoxy) is 2. The maximum absolute atomic E-state index is 5.60. The van der Waals surface area contributed by atoms with Gasteiger partial charge in [-0.1, -0.05) is 19.4 Å². The Hall–Kier alpha value is -1.22. The predicted molar refractivity (Wildman–Crippen MR) is 68.8 cm³/mol. The van der Waals surface area contributed by atoms with Crippen molar-refractivity contribution < 1.29 is 9.47 Å². The van der Waals surface area contributed by atoms with Crippen molar-refractivity contribution in [2.75, 3.05) is 26.8 Å². The Labute approximate surface area is 103 Å². The first-order valence-electron chi connectivity index (χ1n) is 6.36. The van der Waals surface area contributed by atoms with Crippen molar-refractivity contribution >= 4 is 0 Å². The van der Waals surface area contributed by atoms with Crippen molar-refractivity contribution in [1.82, 2.24) is 5.32 Å².